The Bertz CT molecular complexity index is 670. The predicted octanol–water partition coefficient (Wildman–Crippen LogP) is 3.48. The molecule has 0 saturated carbocycles. The molecule has 3 nitrogen and oxygen atoms in total. The van der Waals surface area contributed by atoms with Crippen LogP contribution in [0.25, 0.3) is 5.70 Å². The van der Waals surface area contributed by atoms with E-state index < -0.39 is 0 Å². The number of hydrazine groups is 1. The SMILES string of the molecule is Oc1ccc(Br)cc1C1=CC(c2ccc(F)cc2)NN1. The Labute approximate surface area is 124 Å². The van der Waals surface area contributed by atoms with Gasteiger partial charge in [0, 0.05) is 10.0 Å². The van der Waals surface area contributed by atoms with Crippen LogP contribution in [0.15, 0.2) is 53.0 Å². The van der Waals surface area contributed by atoms with Crippen molar-refractivity contribution in [2.75, 3.05) is 0 Å². The number of aromatic hydroxyl groups is 1. The number of nitrogens with one attached hydrogen (secondary N) is 2. The van der Waals surface area contributed by atoms with E-state index >= 15 is 0 Å². The summed E-state index contributed by atoms with van der Waals surface area (Å²) in [6, 6.07) is 11.5. The van der Waals surface area contributed by atoms with E-state index in [1.54, 1.807) is 24.3 Å². The minimum absolute atomic E-state index is 0.0658. The summed E-state index contributed by atoms with van der Waals surface area (Å²) in [7, 11) is 0. The van der Waals surface area contributed by atoms with E-state index in [1.165, 1.54) is 12.1 Å². The molecule has 3 N–H and O–H groups in total. The molecule has 0 amide bonds. The summed E-state index contributed by atoms with van der Waals surface area (Å²) in [5.41, 5.74) is 8.58. The maximum atomic E-state index is 12.9. The molecule has 102 valence electrons. The zero-order valence-corrected chi connectivity index (χ0v) is 12.0. The summed E-state index contributed by atoms with van der Waals surface area (Å²) in [5, 5.41) is 9.91. The molecule has 0 aliphatic carbocycles. The molecule has 3 rings (SSSR count). The third kappa shape index (κ3) is 2.55. The van der Waals surface area contributed by atoms with Crippen LogP contribution < -0.4 is 10.9 Å². The molecule has 20 heavy (non-hydrogen) atoms. The summed E-state index contributed by atoms with van der Waals surface area (Å²) in [5.74, 6) is -0.0537. The summed E-state index contributed by atoms with van der Waals surface area (Å²) in [4.78, 5) is 0. The molecular weight excluding hydrogens is 323 g/mol. The molecule has 2 aromatic rings. The zero-order valence-electron chi connectivity index (χ0n) is 10.4. The standard InChI is InChI=1S/C15H12BrFN2O/c16-10-3-6-15(20)12(7-10)14-8-13(18-19-14)9-1-4-11(17)5-2-9/h1-8,13,18-20H. The fourth-order valence-electron chi connectivity index (χ4n) is 2.14. The van der Waals surface area contributed by atoms with Gasteiger partial charge < -0.3 is 10.5 Å². The molecule has 0 radical (unpaired) electrons. The number of hydrogen-bond donors (Lipinski definition) is 3. The fourth-order valence-corrected chi connectivity index (χ4v) is 2.50. The minimum atomic E-state index is -0.256. The lowest BCUT2D eigenvalue weighted by molar-refractivity contribution is 0.472. The maximum absolute atomic E-state index is 12.9. The summed E-state index contributed by atoms with van der Waals surface area (Å²) < 4.78 is 13.8. The van der Waals surface area contributed by atoms with Crippen molar-refractivity contribution in [3.05, 3.63) is 70.0 Å². The molecule has 1 aliphatic rings. The number of rotatable bonds is 2. The molecule has 0 fully saturated rings. The smallest absolute Gasteiger partial charge is 0.124 e. The average molecular weight is 335 g/mol. The van der Waals surface area contributed by atoms with Gasteiger partial charge in [-0.1, -0.05) is 28.1 Å². The van der Waals surface area contributed by atoms with Crippen LogP contribution in [-0.2, 0) is 0 Å². The Morgan fingerprint density at radius 2 is 1.85 bits per heavy atom. The Morgan fingerprint density at radius 3 is 2.60 bits per heavy atom. The fraction of sp³-hybridized carbons (Fsp3) is 0.0667. The second kappa shape index (κ2) is 5.26. The highest BCUT2D eigenvalue weighted by molar-refractivity contribution is 9.10. The highest BCUT2D eigenvalue weighted by atomic mass is 79.9. The van der Waals surface area contributed by atoms with Crippen LogP contribution >= 0.6 is 15.9 Å². The molecule has 2 aromatic carbocycles. The summed E-state index contributed by atoms with van der Waals surface area (Å²) >= 11 is 3.38. The molecule has 0 spiro atoms. The van der Waals surface area contributed by atoms with Gasteiger partial charge in [-0.05, 0) is 42.0 Å². The van der Waals surface area contributed by atoms with Gasteiger partial charge in [-0.15, -0.1) is 0 Å². The largest absolute Gasteiger partial charge is 0.507 e. The van der Waals surface area contributed by atoms with Gasteiger partial charge in [0.25, 0.3) is 0 Å². The first kappa shape index (κ1) is 13.1. The number of phenolic OH excluding ortho intramolecular Hbond substituents is 1. The van der Waals surface area contributed by atoms with E-state index in [9.17, 15) is 9.50 Å². The van der Waals surface area contributed by atoms with Gasteiger partial charge in [0.05, 0.1) is 11.7 Å². The third-order valence-electron chi connectivity index (χ3n) is 3.17. The van der Waals surface area contributed by atoms with E-state index in [0.29, 0.717) is 5.56 Å². The molecule has 1 heterocycles. The van der Waals surface area contributed by atoms with Crippen LogP contribution in [0.4, 0.5) is 4.39 Å². The maximum Gasteiger partial charge on any atom is 0.124 e. The van der Waals surface area contributed by atoms with E-state index in [-0.39, 0.29) is 17.6 Å². The van der Waals surface area contributed by atoms with Crippen LogP contribution in [-0.4, -0.2) is 5.11 Å². The quantitative estimate of drug-likeness (QED) is 0.787. The molecular formula is C15H12BrFN2O. The summed E-state index contributed by atoms with van der Waals surface area (Å²) in [6.07, 6.45) is 1.95. The Kier molecular flexibility index (Phi) is 3.46. The van der Waals surface area contributed by atoms with Crippen molar-refractivity contribution in [3.8, 4) is 5.75 Å². The lowest BCUT2D eigenvalue weighted by Gasteiger charge is -2.09. The minimum Gasteiger partial charge on any atom is -0.507 e. The molecule has 5 heteroatoms. The second-order valence-electron chi connectivity index (χ2n) is 4.54. The zero-order chi connectivity index (χ0) is 14.1. The van der Waals surface area contributed by atoms with Crippen molar-refractivity contribution < 1.29 is 9.50 Å². The van der Waals surface area contributed by atoms with Gasteiger partial charge in [0.1, 0.15) is 11.6 Å². The number of benzene rings is 2. The highest BCUT2D eigenvalue weighted by Crippen LogP contribution is 2.31. The van der Waals surface area contributed by atoms with Gasteiger partial charge in [0.15, 0.2) is 0 Å². The van der Waals surface area contributed by atoms with E-state index in [2.05, 4.69) is 26.8 Å². The van der Waals surface area contributed by atoms with Crippen LogP contribution in [0, 0.1) is 5.82 Å². The molecule has 1 aliphatic heterocycles. The predicted molar refractivity (Wildman–Crippen MR) is 79.2 cm³/mol. The van der Waals surface area contributed by atoms with Crippen LogP contribution in [0.3, 0.4) is 0 Å². The highest BCUT2D eigenvalue weighted by Gasteiger charge is 2.19. The Balaban J connectivity index is 1.91. The van der Waals surface area contributed by atoms with Crippen molar-refractivity contribution in [2.45, 2.75) is 6.04 Å². The molecule has 0 bridgehead atoms. The average Bonchev–Trinajstić information content (AvgIpc) is 2.92. The van der Waals surface area contributed by atoms with E-state index in [0.717, 1.165) is 15.7 Å². The summed E-state index contributed by atoms with van der Waals surface area (Å²) in [6.45, 7) is 0. The van der Waals surface area contributed by atoms with Crippen LogP contribution in [0.1, 0.15) is 17.2 Å². The van der Waals surface area contributed by atoms with Gasteiger partial charge in [-0.3, -0.25) is 0 Å². The third-order valence-corrected chi connectivity index (χ3v) is 3.67. The molecule has 0 saturated heterocycles. The van der Waals surface area contributed by atoms with Gasteiger partial charge in [-0.25, -0.2) is 9.82 Å². The number of phenols is 1. The van der Waals surface area contributed by atoms with Gasteiger partial charge in [-0.2, -0.15) is 0 Å². The van der Waals surface area contributed by atoms with Crippen molar-refractivity contribution >= 4 is 21.6 Å². The topological polar surface area (TPSA) is 44.3 Å². The Hall–Kier alpha value is -1.85. The van der Waals surface area contributed by atoms with Gasteiger partial charge in [0.2, 0.25) is 0 Å². The second-order valence-corrected chi connectivity index (χ2v) is 5.46. The molecule has 1 unspecified atom stereocenters. The normalized spacial score (nSPS) is 17.7. The molecule has 0 aromatic heterocycles. The first-order valence-corrected chi connectivity index (χ1v) is 6.90. The van der Waals surface area contributed by atoms with Crippen LogP contribution in [0.5, 0.6) is 5.75 Å². The number of hydrogen-bond acceptors (Lipinski definition) is 3. The van der Waals surface area contributed by atoms with E-state index in [4.69, 9.17) is 0 Å². The van der Waals surface area contributed by atoms with Crippen LogP contribution in [0.2, 0.25) is 0 Å². The number of halogens is 2. The lowest BCUT2D eigenvalue weighted by Crippen LogP contribution is -2.26. The van der Waals surface area contributed by atoms with E-state index in [1.807, 2.05) is 12.1 Å². The first-order chi connectivity index (χ1) is 9.63. The Morgan fingerprint density at radius 1 is 1.10 bits per heavy atom. The van der Waals surface area contributed by atoms with Crippen molar-refractivity contribution in [1.82, 2.24) is 10.9 Å². The monoisotopic (exact) mass is 334 g/mol. The first-order valence-electron chi connectivity index (χ1n) is 6.11. The van der Waals surface area contributed by atoms with Crippen molar-refractivity contribution in [1.29, 1.82) is 0 Å². The van der Waals surface area contributed by atoms with Crippen molar-refractivity contribution in [2.24, 2.45) is 0 Å². The van der Waals surface area contributed by atoms with Crippen molar-refractivity contribution in [3.63, 3.8) is 0 Å². The van der Waals surface area contributed by atoms with Gasteiger partial charge >= 0.3 is 0 Å². The lowest BCUT2D eigenvalue weighted by atomic mass is 10.1. The molecule has 1 atom stereocenters.